The van der Waals surface area contributed by atoms with E-state index in [-0.39, 0.29) is 5.91 Å². The van der Waals surface area contributed by atoms with E-state index >= 15 is 0 Å². The smallest absolute Gasteiger partial charge is 0.258 e. The number of fused-ring (bicyclic) bond motifs is 1. The number of ether oxygens (including phenoxy) is 2. The van der Waals surface area contributed by atoms with Crippen LogP contribution in [-0.4, -0.2) is 52.5 Å². The molecule has 0 saturated heterocycles. The number of nitrogens with zero attached hydrogens (tertiary/aromatic N) is 4. The van der Waals surface area contributed by atoms with Crippen molar-refractivity contribution in [2.75, 3.05) is 27.3 Å². The van der Waals surface area contributed by atoms with E-state index in [9.17, 15) is 4.79 Å². The zero-order chi connectivity index (χ0) is 22.0. The number of aryl methyl sites for hydroxylation is 1. The van der Waals surface area contributed by atoms with Gasteiger partial charge in [-0.05, 0) is 17.7 Å². The van der Waals surface area contributed by atoms with Crippen LogP contribution < -0.4 is 20.5 Å². The Hall–Kier alpha value is -3.85. The van der Waals surface area contributed by atoms with E-state index in [1.807, 2.05) is 42.2 Å². The van der Waals surface area contributed by atoms with E-state index in [4.69, 9.17) is 15.2 Å². The molecule has 31 heavy (non-hydrogen) atoms. The van der Waals surface area contributed by atoms with Gasteiger partial charge in [-0.15, -0.1) is 0 Å². The first-order valence-corrected chi connectivity index (χ1v) is 9.76. The zero-order valence-corrected chi connectivity index (χ0v) is 17.6. The van der Waals surface area contributed by atoms with E-state index in [1.54, 1.807) is 23.1 Å². The van der Waals surface area contributed by atoms with Crippen molar-refractivity contribution >= 4 is 16.9 Å². The first-order valence-electron chi connectivity index (χ1n) is 9.76. The number of benzene rings is 2. The lowest BCUT2D eigenvalue weighted by molar-refractivity contribution is 0.0948. The van der Waals surface area contributed by atoms with Crippen LogP contribution in [0.25, 0.3) is 27.8 Å². The summed E-state index contributed by atoms with van der Waals surface area (Å²) in [6, 6.07) is 9.63. The highest BCUT2D eigenvalue weighted by Gasteiger charge is 2.21. The highest BCUT2D eigenvalue weighted by molar-refractivity contribution is 6.00. The number of aromatic nitrogens is 4. The maximum absolute atomic E-state index is 12.6. The molecule has 2 heterocycles. The summed E-state index contributed by atoms with van der Waals surface area (Å²) in [5.41, 5.74) is 10.4. The van der Waals surface area contributed by atoms with E-state index in [2.05, 4.69) is 15.4 Å². The lowest BCUT2D eigenvalue weighted by Crippen LogP contribution is -2.29. The van der Waals surface area contributed by atoms with Crippen molar-refractivity contribution in [3.63, 3.8) is 0 Å². The van der Waals surface area contributed by atoms with Crippen LogP contribution in [0.3, 0.4) is 0 Å². The van der Waals surface area contributed by atoms with Crippen molar-refractivity contribution in [2.24, 2.45) is 12.8 Å². The van der Waals surface area contributed by atoms with Crippen molar-refractivity contribution in [1.29, 1.82) is 0 Å². The van der Waals surface area contributed by atoms with Crippen molar-refractivity contribution in [1.82, 2.24) is 24.6 Å². The number of carbonyl (C=O) groups is 1. The number of carbonyl (C=O) groups excluding carboxylic acids is 1. The van der Waals surface area contributed by atoms with Gasteiger partial charge in [-0.3, -0.25) is 14.0 Å². The fraction of sp³-hybridized carbons (Fsp3) is 0.227. The highest BCUT2D eigenvalue weighted by atomic mass is 16.5. The molecule has 0 radical (unpaired) electrons. The lowest BCUT2D eigenvalue weighted by Gasteiger charge is -2.16. The molecule has 0 atom stereocenters. The van der Waals surface area contributed by atoms with Crippen LogP contribution in [0, 0.1) is 0 Å². The summed E-state index contributed by atoms with van der Waals surface area (Å²) in [5, 5.41) is 6.98. The molecule has 2 aromatic heterocycles. The van der Waals surface area contributed by atoms with E-state index in [0.717, 1.165) is 27.8 Å². The number of amides is 1. The molecule has 0 saturated carbocycles. The number of rotatable bonds is 7. The molecule has 1 amide bonds. The molecule has 160 valence electrons. The summed E-state index contributed by atoms with van der Waals surface area (Å²) in [5.74, 6) is 0.498. The second-order valence-corrected chi connectivity index (χ2v) is 6.99. The van der Waals surface area contributed by atoms with Gasteiger partial charge in [-0.2, -0.15) is 5.10 Å². The molecule has 0 fully saturated rings. The van der Waals surface area contributed by atoms with Crippen LogP contribution in [0.2, 0.25) is 0 Å². The molecule has 9 nitrogen and oxygen atoms in total. The first-order chi connectivity index (χ1) is 15.0. The van der Waals surface area contributed by atoms with Crippen LogP contribution >= 0.6 is 0 Å². The number of hydrogen-bond donors (Lipinski definition) is 2. The maximum atomic E-state index is 12.6. The van der Waals surface area contributed by atoms with Gasteiger partial charge in [0, 0.05) is 44.0 Å². The summed E-state index contributed by atoms with van der Waals surface area (Å²) < 4.78 is 14.7. The minimum atomic E-state index is -0.303. The molecule has 0 bridgehead atoms. The highest BCUT2D eigenvalue weighted by Crippen LogP contribution is 2.34. The van der Waals surface area contributed by atoms with Gasteiger partial charge >= 0.3 is 0 Å². The maximum Gasteiger partial charge on any atom is 0.258 e. The molecular weight excluding hydrogens is 396 g/mol. The second kappa shape index (κ2) is 8.49. The van der Waals surface area contributed by atoms with E-state index in [0.29, 0.717) is 30.2 Å². The predicted molar refractivity (Wildman–Crippen MR) is 118 cm³/mol. The summed E-state index contributed by atoms with van der Waals surface area (Å²) in [6.07, 6.45) is 5.52. The number of methoxy groups -OCH3 is 2. The first kappa shape index (κ1) is 20.4. The Labute approximate surface area is 179 Å². The summed E-state index contributed by atoms with van der Waals surface area (Å²) >= 11 is 0. The fourth-order valence-corrected chi connectivity index (χ4v) is 3.50. The quantitative estimate of drug-likeness (QED) is 0.474. The largest absolute Gasteiger partial charge is 0.496 e. The topological polar surface area (TPSA) is 109 Å². The van der Waals surface area contributed by atoms with Crippen molar-refractivity contribution in [3.05, 3.63) is 54.6 Å². The van der Waals surface area contributed by atoms with Gasteiger partial charge in [0.15, 0.2) is 0 Å². The minimum absolute atomic E-state index is 0.303. The predicted octanol–water partition coefficient (Wildman–Crippen LogP) is 2.13. The average molecular weight is 420 g/mol. The Morgan fingerprint density at radius 1 is 1.13 bits per heavy atom. The normalized spacial score (nSPS) is 11.0. The van der Waals surface area contributed by atoms with Crippen LogP contribution in [-0.2, 0) is 7.05 Å². The molecule has 0 aliphatic carbocycles. The molecule has 2 aromatic carbocycles. The third kappa shape index (κ3) is 3.82. The monoisotopic (exact) mass is 420 g/mol. The van der Waals surface area contributed by atoms with Gasteiger partial charge in [0.1, 0.15) is 23.4 Å². The third-order valence-corrected chi connectivity index (χ3v) is 5.01. The molecule has 9 heteroatoms. The Balaban J connectivity index is 1.77. The molecule has 0 unspecified atom stereocenters. The van der Waals surface area contributed by atoms with Gasteiger partial charge in [0.25, 0.3) is 5.91 Å². The Morgan fingerprint density at radius 2 is 1.87 bits per heavy atom. The van der Waals surface area contributed by atoms with Gasteiger partial charge in [-0.25, -0.2) is 4.98 Å². The zero-order valence-electron chi connectivity index (χ0n) is 17.6. The number of nitrogens with two attached hydrogens (primary N) is 1. The second-order valence-electron chi connectivity index (χ2n) is 6.99. The van der Waals surface area contributed by atoms with Gasteiger partial charge in [0.2, 0.25) is 0 Å². The minimum Gasteiger partial charge on any atom is -0.496 e. The van der Waals surface area contributed by atoms with Crippen LogP contribution in [0.4, 0.5) is 0 Å². The summed E-state index contributed by atoms with van der Waals surface area (Å²) in [6.45, 7) is 0.703. The molecule has 4 aromatic rings. The standard InChI is InChI=1S/C22H24N6O3/c1-27-12-15(11-26-27)14-4-5-18-17(8-14)25-13-28(18)16-9-19(30-2)21(20(10-16)31-3)22(29)24-7-6-23/h4-5,8-13H,6-7,23H2,1-3H3,(H,24,29). The van der Waals surface area contributed by atoms with Crippen molar-refractivity contribution in [2.45, 2.75) is 0 Å². The fourth-order valence-electron chi connectivity index (χ4n) is 3.50. The summed E-state index contributed by atoms with van der Waals surface area (Å²) in [4.78, 5) is 17.2. The third-order valence-electron chi connectivity index (χ3n) is 5.01. The van der Waals surface area contributed by atoms with E-state index in [1.165, 1.54) is 14.2 Å². The van der Waals surface area contributed by atoms with Gasteiger partial charge in [-0.1, -0.05) is 6.07 Å². The Bertz CT molecular complexity index is 1220. The molecular formula is C22H24N6O3. The number of nitrogens with one attached hydrogen (secondary N) is 1. The Kier molecular flexibility index (Phi) is 5.59. The molecule has 4 rings (SSSR count). The molecule has 3 N–H and O–H groups in total. The van der Waals surface area contributed by atoms with Gasteiger partial charge < -0.3 is 20.5 Å². The number of imidazole rings is 1. The number of hydrogen-bond acceptors (Lipinski definition) is 6. The molecule has 0 aliphatic rings. The van der Waals surface area contributed by atoms with Crippen LogP contribution in [0.1, 0.15) is 10.4 Å². The average Bonchev–Trinajstić information content (AvgIpc) is 3.42. The lowest BCUT2D eigenvalue weighted by atomic mass is 10.1. The Morgan fingerprint density at radius 3 is 2.48 bits per heavy atom. The summed E-state index contributed by atoms with van der Waals surface area (Å²) in [7, 11) is 4.92. The van der Waals surface area contributed by atoms with Crippen molar-refractivity contribution in [3.8, 4) is 28.3 Å². The van der Waals surface area contributed by atoms with Crippen LogP contribution in [0.5, 0.6) is 11.5 Å². The molecule has 0 spiro atoms. The SMILES string of the molecule is COc1cc(-n2cnc3cc(-c4cnn(C)c4)ccc32)cc(OC)c1C(=O)NCCN. The van der Waals surface area contributed by atoms with Gasteiger partial charge in [0.05, 0.1) is 37.1 Å². The van der Waals surface area contributed by atoms with Crippen LogP contribution in [0.15, 0.2) is 49.1 Å². The van der Waals surface area contributed by atoms with E-state index < -0.39 is 0 Å². The molecule has 0 aliphatic heterocycles. The van der Waals surface area contributed by atoms with Crippen molar-refractivity contribution < 1.29 is 14.3 Å².